The molecule has 1 nitrogen and oxygen atoms in total. The minimum Gasteiger partial charge on any atom is -0.392 e. The van der Waals surface area contributed by atoms with Gasteiger partial charge in [-0.1, -0.05) is 23.7 Å². The lowest BCUT2D eigenvalue weighted by atomic mass is 10.1. The van der Waals surface area contributed by atoms with Gasteiger partial charge in [0.1, 0.15) is 0 Å². The predicted molar refractivity (Wildman–Crippen MR) is 62.3 cm³/mol. The second kappa shape index (κ2) is 4.07. The molecule has 0 aliphatic rings. The van der Waals surface area contributed by atoms with Gasteiger partial charge in [-0.2, -0.15) is 0 Å². The summed E-state index contributed by atoms with van der Waals surface area (Å²) in [6.45, 7) is 0.0339. The second-order valence-corrected chi connectivity index (χ2v) is 4.92. The average molecular weight is 247 g/mol. The summed E-state index contributed by atoms with van der Waals surface area (Å²) in [7, 11) is 0. The lowest BCUT2D eigenvalue weighted by Crippen LogP contribution is -1.86. The van der Waals surface area contributed by atoms with Crippen LogP contribution in [0.25, 0.3) is 10.1 Å². The molecule has 2 aromatic rings. The van der Waals surface area contributed by atoms with E-state index in [0.29, 0.717) is 5.88 Å². The highest BCUT2D eigenvalue weighted by atomic mass is 35.5. The molecule has 1 aromatic carbocycles. The Labute approximate surface area is 95.9 Å². The molecule has 1 heterocycles. The quantitative estimate of drug-likeness (QED) is 0.800. The maximum atomic E-state index is 9.14. The van der Waals surface area contributed by atoms with Gasteiger partial charge in [0.05, 0.1) is 10.9 Å². The standard InChI is InChI=1S/C10H8Cl2OS/c11-4-6-1-2-7(5-13)8-3-9(12)14-10(6)8/h1-3,13H,4-5H2. The van der Waals surface area contributed by atoms with Gasteiger partial charge < -0.3 is 5.11 Å². The number of hydrogen-bond donors (Lipinski definition) is 1. The molecule has 1 aromatic heterocycles. The SMILES string of the molecule is OCc1ccc(CCl)c2sc(Cl)cc12. The molecule has 74 valence electrons. The molecule has 0 fully saturated rings. The van der Waals surface area contributed by atoms with Crippen LogP contribution in [0.5, 0.6) is 0 Å². The molecule has 0 bridgehead atoms. The van der Waals surface area contributed by atoms with E-state index in [1.807, 2.05) is 18.2 Å². The summed E-state index contributed by atoms with van der Waals surface area (Å²) in [5.74, 6) is 0.471. The molecule has 0 saturated carbocycles. The minimum atomic E-state index is 0.0339. The van der Waals surface area contributed by atoms with Crippen LogP contribution in [0.2, 0.25) is 4.34 Å². The lowest BCUT2D eigenvalue weighted by molar-refractivity contribution is 0.283. The van der Waals surface area contributed by atoms with E-state index in [-0.39, 0.29) is 6.61 Å². The third kappa shape index (κ3) is 1.63. The van der Waals surface area contributed by atoms with Crippen molar-refractivity contribution in [3.8, 4) is 0 Å². The number of thiophene rings is 1. The van der Waals surface area contributed by atoms with Crippen molar-refractivity contribution in [3.05, 3.63) is 33.7 Å². The van der Waals surface area contributed by atoms with Crippen molar-refractivity contribution in [1.29, 1.82) is 0 Å². The van der Waals surface area contributed by atoms with E-state index < -0.39 is 0 Å². The first-order valence-electron chi connectivity index (χ1n) is 4.13. The number of fused-ring (bicyclic) bond motifs is 1. The van der Waals surface area contributed by atoms with Crippen LogP contribution in [0.1, 0.15) is 11.1 Å². The normalized spacial score (nSPS) is 11.1. The largest absolute Gasteiger partial charge is 0.392 e. The van der Waals surface area contributed by atoms with E-state index in [0.717, 1.165) is 25.5 Å². The van der Waals surface area contributed by atoms with Gasteiger partial charge in [-0.05, 0) is 22.6 Å². The van der Waals surface area contributed by atoms with Gasteiger partial charge in [-0.25, -0.2) is 0 Å². The molecule has 0 aliphatic carbocycles. The Kier molecular flexibility index (Phi) is 2.98. The number of hydrogen-bond acceptors (Lipinski definition) is 2. The van der Waals surface area contributed by atoms with Crippen LogP contribution in [0.15, 0.2) is 18.2 Å². The predicted octanol–water partition coefficient (Wildman–Crippen LogP) is 3.79. The van der Waals surface area contributed by atoms with Crippen LogP contribution in [-0.2, 0) is 12.5 Å². The zero-order valence-electron chi connectivity index (χ0n) is 7.26. The van der Waals surface area contributed by atoms with Gasteiger partial charge in [0.25, 0.3) is 0 Å². The molecule has 0 aliphatic heterocycles. The third-order valence-electron chi connectivity index (χ3n) is 2.14. The first-order valence-corrected chi connectivity index (χ1v) is 5.85. The second-order valence-electron chi connectivity index (χ2n) is 2.97. The third-order valence-corrected chi connectivity index (χ3v) is 3.77. The zero-order chi connectivity index (χ0) is 10.1. The molecule has 2 rings (SSSR count). The number of benzene rings is 1. The van der Waals surface area contributed by atoms with Crippen LogP contribution in [0.3, 0.4) is 0 Å². The summed E-state index contributed by atoms with van der Waals surface area (Å²) in [5.41, 5.74) is 1.97. The van der Waals surface area contributed by atoms with Gasteiger partial charge in [-0.15, -0.1) is 22.9 Å². The minimum absolute atomic E-state index is 0.0339. The maximum absolute atomic E-state index is 9.14. The smallest absolute Gasteiger partial charge is 0.0941 e. The van der Waals surface area contributed by atoms with Crippen LogP contribution < -0.4 is 0 Å². The molecule has 14 heavy (non-hydrogen) atoms. The molecule has 0 unspecified atom stereocenters. The van der Waals surface area contributed by atoms with Crippen LogP contribution in [0.4, 0.5) is 0 Å². The van der Waals surface area contributed by atoms with Crippen molar-refractivity contribution in [2.45, 2.75) is 12.5 Å². The Balaban J connectivity index is 2.77. The monoisotopic (exact) mass is 246 g/mol. The fourth-order valence-electron chi connectivity index (χ4n) is 1.45. The topological polar surface area (TPSA) is 20.2 Å². The van der Waals surface area contributed by atoms with Crippen molar-refractivity contribution < 1.29 is 5.11 Å². The fraction of sp³-hybridized carbons (Fsp3) is 0.200. The van der Waals surface area contributed by atoms with Gasteiger partial charge in [0, 0.05) is 10.6 Å². The van der Waals surface area contributed by atoms with E-state index in [2.05, 4.69) is 0 Å². The Morgan fingerprint density at radius 1 is 1.29 bits per heavy atom. The van der Waals surface area contributed by atoms with Crippen molar-refractivity contribution >= 4 is 44.6 Å². The summed E-state index contributed by atoms with van der Waals surface area (Å²) in [5, 5.41) is 10.2. The highest BCUT2D eigenvalue weighted by Gasteiger charge is 2.08. The van der Waals surface area contributed by atoms with Crippen LogP contribution in [0, 0.1) is 0 Å². The summed E-state index contributed by atoms with van der Waals surface area (Å²) < 4.78 is 1.81. The molecular weight excluding hydrogens is 239 g/mol. The Bertz CT molecular complexity index is 423. The molecular formula is C10H8Cl2OS. The first kappa shape index (κ1) is 10.2. The molecule has 0 radical (unpaired) electrons. The molecule has 0 saturated heterocycles. The van der Waals surface area contributed by atoms with Crippen molar-refractivity contribution in [2.75, 3.05) is 0 Å². The van der Waals surface area contributed by atoms with Gasteiger partial charge in [-0.3, -0.25) is 0 Å². The van der Waals surface area contributed by atoms with Crippen molar-refractivity contribution in [3.63, 3.8) is 0 Å². The van der Waals surface area contributed by atoms with Gasteiger partial charge in [0.2, 0.25) is 0 Å². The molecule has 0 amide bonds. The lowest BCUT2D eigenvalue weighted by Gasteiger charge is -2.02. The van der Waals surface area contributed by atoms with E-state index in [1.165, 1.54) is 11.3 Å². The number of halogens is 2. The average Bonchev–Trinajstić information content (AvgIpc) is 2.57. The first-order chi connectivity index (χ1) is 6.76. The molecule has 1 N–H and O–H groups in total. The van der Waals surface area contributed by atoms with E-state index in [4.69, 9.17) is 28.3 Å². The van der Waals surface area contributed by atoms with Crippen molar-refractivity contribution in [1.82, 2.24) is 0 Å². The Morgan fingerprint density at radius 2 is 2.00 bits per heavy atom. The van der Waals surface area contributed by atoms with Crippen LogP contribution in [-0.4, -0.2) is 5.11 Å². The van der Waals surface area contributed by atoms with E-state index >= 15 is 0 Å². The highest BCUT2D eigenvalue weighted by molar-refractivity contribution is 7.22. The summed E-state index contributed by atoms with van der Waals surface area (Å²) in [6, 6.07) is 5.71. The highest BCUT2D eigenvalue weighted by Crippen LogP contribution is 2.34. The maximum Gasteiger partial charge on any atom is 0.0941 e. The zero-order valence-corrected chi connectivity index (χ0v) is 9.59. The van der Waals surface area contributed by atoms with Crippen LogP contribution >= 0.6 is 34.5 Å². The number of aliphatic hydroxyl groups is 1. The summed E-state index contributed by atoms with van der Waals surface area (Å²) >= 11 is 13.2. The number of rotatable bonds is 2. The Morgan fingerprint density at radius 3 is 2.64 bits per heavy atom. The number of aliphatic hydroxyl groups excluding tert-OH is 1. The molecule has 4 heteroatoms. The molecule has 0 atom stereocenters. The van der Waals surface area contributed by atoms with Crippen molar-refractivity contribution in [2.24, 2.45) is 0 Å². The summed E-state index contributed by atoms with van der Waals surface area (Å²) in [6.07, 6.45) is 0. The molecule has 0 spiro atoms. The summed E-state index contributed by atoms with van der Waals surface area (Å²) in [4.78, 5) is 0. The van der Waals surface area contributed by atoms with Gasteiger partial charge in [0.15, 0.2) is 0 Å². The Hall–Kier alpha value is -0.280. The van der Waals surface area contributed by atoms with E-state index in [1.54, 1.807) is 0 Å². The van der Waals surface area contributed by atoms with E-state index in [9.17, 15) is 0 Å². The van der Waals surface area contributed by atoms with Gasteiger partial charge >= 0.3 is 0 Å². The fourth-order valence-corrected chi connectivity index (χ4v) is 3.03. The number of alkyl halides is 1.